The number of nitrogens with zero attached hydrogens (tertiary/aromatic N) is 2. The van der Waals surface area contributed by atoms with Gasteiger partial charge in [-0.25, -0.2) is 0 Å². The zero-order valence-electron chi connectivity index (χ0n) is 12.0. The van der Waals surface area contributed by atoms with E-state index in [0.29, 0.717) is 5.92 Å². The molecule has 2 rings (SSSR count). The third-order valence-electron chi connectivity index (χ3n) is 3.89. The van der Waals surface area contributed by atoms with E-state index in [1.807, 2.05) is 12.4 Å². The maximum absolute atomic E-state index is 6.23. The van der Waals surface area contributed by atoms with Crippen LogP contribution >= 0.6 is 0 Å². The lowest BCUT2D eigenvalue weighted by Gasteiger charge is -2.40. The Labute approximate surface area is 116 Å². The molecule has 3 atom stereocenters. The van der Waals surface area contributed by atoms with E-state index >= 15 is 0 Å². The van der Waals surface area contributed by atoms with Gasteiger partial charge in [-0.2, -0.15) is 0 Å². The fourth-order valence-corrected chi connectivity index (χ4v) is 3.13. The summed E-state index contributed by atoms with van der Waals surface area (Å²) < 4.78 is 5.31. The molecule has 1 aliphatic heterocycles. The monoisotopic (exact) mass is 263 g/mol. The summed E-state index contributed by atoms with van der Waals surface area (Å²) in [5, 5.41) is 0. The molecule has 4 nitrogen and oxygen atoms in total. The second kappa shape index (κ2) is 6.98. The minimum atomic E-state index is 0.115. The number of aromatic nitrogens is 1. The van der Waals surface area contributed by atoms with Gasteiger partial charge >= 0.3 is 0 Å². The van der Waals surface area contributed by atoms with Crippen molar-refractivity contribution < 1.29 is 4.74 Å². The van der Waals surface area contributed by atoms with E-state index < -0.39 is 0 Å². The van der Waals surface area contributed by atoms with Crippen molar-refractivity contribution in [2.75, 3.05) is 26.8 Å². The molecule has 1 aromatic rings. The lowest BCUT2D eigenvalue weighted by atomic mass is 9.93. The van der Waals surface area contributed by atoms with Gasteiger partial charge in [0, 0.05) is 38.1 Å². The van der Waals surface area contributed by atoms with E-state index in [1.165, 1.54) is 18.4 Å². The first kappa shape index (κ1) is 14.4. The third-order valence-corrected chi connectivity index (χ3v) is 3.89. The molecular formula is C15H25N3O. The van der Waals surface area contributed by atoms with Gasteiger partial charge < -0.3 is 10.5 Å². The smallest absolute Gasteiger partial charge is 0.0502 e. The van der Waals surface area contributed by atoms with Crippen LogP contribution in [0.5, 0.6) is 0 Å². The molecule has 106 valence electrons. The summed E-state index contributed by atoms with van der Waals surface area (Å²) in [6.07, 6.45) is 6.18. The normalized spacial score (nSPS) is 24.1. The first-order valence-corrected chi connectivity index (χ1v) is 7.11. The van der Waals surface area contributed by atoms with Crippen LogP contribution in [0, 0.1) is 5.92 Å². The van der Waals surface area contributed by atoms with Crippen molar-refractivity contribution in [3.63, 3.8) is 0 Å². The van der Waals surface area contributed by atoms with Gasteiger partial charge in [-0.15, -0.1) is 0 Å². The average Bonchev–Trinajstić information content (AvgIpc) is 2.40. The first-order valence-electron chi connectivity index (χ1n) is 7.11. The van der Waals surface area contributed by atoms with E-state index in [0.717, 1.165) is 19.7 Å². The van der Waals surface area contributed by atoms with E-state index in [2.05, 4.69) is 28.9 Å². The molecule has 1 fully saturated rings. The molecule has 1 aliphatic rings. The topological polar surface area (TPSA) is 51.4 Å². The average molecular weight is 263 g/mol. The molecular weight excluding hydrogens is 238 g/mol. The zero-order valence-corrected chi connectivity index (χ0v) is 12.0. The summed E-state index contributed by atoms with van der Waals surface area (Å²) in [6, 6.07) is 4.55. The third kappa shape index (κ3) is 3.75. The molecule has 4 heteroatoms. The predicted molar refractivity (Wildman–Crippen MR) is 76.8 cm³/mol. The largest absolute Gasteiger partial charge is 0.384 e. The summed E-state index contributed by atoms with van der Waals surface area (Å²) in [5.41, 5.74) is 7.49. The number of methoxy groups -OCH3 is 1. The van der Waals surface area contributed by atoms with Gasteiger partial charge in [0.2, 0.25) is 0 Å². The highest BCUT2D eigenvalue weighted by Gasteiger charge is 2.29. The highest BCUT2D eigenvalue weighted by molar-refractivity contribution is 5.17. The summed E-state index contributed by atoms with van der Waals surface area (Å²) >= 11 is 0. The fraction of sp³-hybridized carbons (Fsp3) is 0.667. The molecule has 2 heterocycles. The molecule has 0 bridgehead atoms. The van der Waals surface area contributed by atoms with Crippen molar-refractivity contribution in [2.24, 2.45) is 11.7 Å². The van der Waals surface area contributed by atoms with Crippen molar-refractivity contribution in [1.82, 2.24) is 9.88 Å². The predicted octanol–water partition coefficient (Wildman–Crippen LogP) is 1.83. The maximum atomic E-state index is 6.23. The van der Waals surface area contributed by atoms with E-state index in [1.54, 1.807) is 7.11 Å². The number of hydrogen-bond acceptors (Lipinski definition) is 4. The van der Waals surface area contributed by atoms with Crippen molar-refractivity contribution in [3.05, 3.63) is 30.1 Å². The summed E-state index contributed by atoms with van der Waals surface area (Å²) in [7, 11) is 1.78. The molecule has 1 saturated heterocycles. The van der Waals surface area contributed by atoms with Crippen molar-refractivity contribution >= 4 is 0 Å². The summed E-state index contributed by atoms with van der Waals surface area (Å²) in [6.45, 7) is 5.13. The Balaban J connectivity index is 2.11. The van der Waals surface area contributed by atoms with Gasteiger partial charge in [0.25, 0.3) is 0 Å². The Bertz CT molecular complexity index is 367. The van der Waals surface area contributed by atoms with Crippen LogP contribution in [0.15, 0.2) is 24.5 Å². The van der Waals surface area contributed by atoms with Crippen LogP contribution in [0.4, 0.5) is 0 Å². The molecule has 1 aromatic heterocycles. The molecule has 0 saturated carbocycles. The number of nitrogens with two attached hydrogens (primary N) is 1. The van der Waals surface area contributed by atoms with Crippen molar-refractivity contribution in [2.45, 2.75) is 31.8 Å². The molecule has 0 aromatic carbocycles. The van der Waals surface area contributed by atoms with E-state index in [9.17, 15) is 0 Å². The van der Waals surface area contributed by atoms with Gasteiger partial charge in [0.15, 0.2) is 0 Å². The van der Waals surface area contributed by atoms with E-state index in [-0.39, 0.29) is 12.1 Å². The Morgan fingerprint density at radius 1 is 1.47 bits per heavy atom. The number of ether oxygens (including phenoxy) is 1. The highest BCUT2D eigenvalue weighted by atomic mass is 16.5. The molecule has 19 heavy (non-hydrogen) atoms. The summed E-state index contributed by atoms with van der Waals surface area (Å²) in [4.78, 5) is 6.60. The van der Waals surface area contributed by atoms with Crippen LogP contribution in [0.3, 0.4) is 0 Å². The molecule has 0 spiro atoms. The second-order valence-corrected chi connectivity index (χ2v) is 5.54. The first-order chi connectivity index (χ1) is 9.22. The molecule has 2 N–H and O–H groups in total. The number of likely N-dealkylation sites (tertiary alicyclic amines) is 1. The van der Waals surface area contributed by atoms with Crippen molar-refractivity contribution in [3.8, 4) is 0 Å². The Hall–Kier alpha value is -0.970. The van der Waals surface area contributed by atoms with E-state index in [4.69, 9.17) is 10.5 Å². The molecule has 0 amide bonds. The lowest BCUT2D eigenvalue weighted by molar-refractivity contribution is 0.0618. The van der Waals surface area contributed by atoms with Crippen LogP contribution < -0.4 is 5.73 Å². The lowest BCUT2D eigenvalue weighted by Crippen LogP contribution is -2.45. The van der Waals surface area contributed by atoms with Gasteiger partial charge in [-0.3, -0.25) is 9.88 Å². The number of rotatable bonds is 5. The van der Waals surface area contributed by atoms with Crippen LogP contribution in [0.2, 0.25) is 0 Å². The van der Waals surface area contributed by atoms with Crippen LogP contribution in [-0.4, -0.2) is 42.7 Å². The van der Waals surface area contributed by atoms with Gasteiger partial charge in [0.1, 0.15) is 0 Å². The zero-order chi connectivity index (χ0) is 13.7. The SMILES string of the molecule is COCC1CCCN(C(c2ccncc2)C(C)N)C1. The van der Waals surface area contributed by atoms with Gasteiger partial charge in [0.05, 0.1) is 6.61 Å². The second-order valence-electron chi connectivity index (χ2n) is 5.54. The molecule has 0 radical (unpaired) electrons. The van der Waals surface area contributed by atoms with Gasteiger partial charge in [-0.1, -0.05) is 0 Å². The number of piperidine rings is 1. The Morgan fingerprint density at radius 3 is 2.84 bits per heavy atom. The summed E-state index contributed by atoms with van der Waals surface area (Å²) in [5.74, 6) is 0.627. The fourth-order valence-electron chi connectivity index (χ4n) is 3.13. The van der Waals surface area contributed by atoms with Crippen LogP contribution in [0.25, 0.3) is 0 Å². The Kier molecular flexibility index (Phi) is 5.31. The maximum Gasteiger partial charge on any atom is 0.0502 e. The van der Waals surface area contributed by atoms with Crippen LogP contribution in [0.1, 0.15) is 31.4 Å². The Morgan fingerprint density at radius 2 is 2.21 bits per heavy atom. The van der Waals surface area contributed by atoms with Gasteiger partial charge in [-0.05, 0) is 49.9 Å². The van der Waals surface area contributed by atoms with Crippen molar-refractivity contribution in [1.29, 1.82) is 0 Å². The molecule has 3 unspecified atom stereocenters. The standard InChI is InChI=1S/C15H25N3O/c1-12(16)15(14-5-7-17-8-6-14)18-9-3-4-13(10-18)11-19-2/h5-8,12-13,15H,3-4,9-11,16H2,1-2H3. The number of pyridine rings is 1. The quantitative estimate of drug-likeness (QED) is 0.880. The highest BCUT2D eigenvalue weighted by Crippen LogP contribution is 2.28. The minimum Gasteiger partial charge on any atom is -0.384 e. The number of hydrogen-bond donors (Lipinski definition) is 1. The van der Waals surface area contributed by atoms with Crippen LogP contribution in [-0.2, 0) is 4.74 Å². The molecule has 0 aliphatic carbocycles. The minimum absolute atomic E-state index is 0.115.